The summed E-state index contributed by atoms with van der Waals surface area (Å²) in [4.78, 5) is 0. The molecule has 1 N–H and O–H groups in total. The van der Waals surface area contributed by atoms with Gasteiger partial charge in [0.2, 0.25) is 0 Å². The Morgan fingerprint density at radius 1 is 1.27 bits per heavy atom. The van der Waals surface area contributed by atoms with E-state index < -0.39 is 11.6 Å². The fourth-order valence-corrected chi connectivity index (χ4v) is 2.29. The van der Waals surface area contributed by atoms with Gasteiger partial charge in [-0.15, -0.1) is 0 Å². The lowest BCUT2D eigenvalue weighted by molar-refractivity contribution is 0.364. The van der Waals surface area contributed by atoms with E-state index in [2.05, 4.69) is 5.32 Å². The summed E-state index contributed by atoms with van der Waals surface area (Å²) >= 11 is 0. The van der Waals surface area contributed by atoms with E-state index in [9.17, 15) is 8.78 Å². The highest BCUT2D eigenvalue weighted by molar-refractivity contribution is 5.24. The molecule has 2 rings (SSSR count). The van der Waals surface area contributed by atoms with Gasteiger partial charge in [0, 0.05) is 11.6 Å². The third kappa shape index (κ3) is 2.17. The summed E-state index contributed by atoms with van der Waals surface area (Å²) in [7, 11) is 0. The van der Waals surface area contributed by atoms with E-state index >= 15 is 0 Å². The van der Waals surface area contributed by atoms with Crippen LogP contribution in [0.3, 0.4) is 0 Å². The van der Waals surface area contributed by atoms with E-state index in [-0.39, 0.29) is 11.5 Å². The minimum absolute atomic E-state index is 0.0162. The van der Waals surface area contributed by atoms with Crippen LogP contribution in [0.2, 0.25) is 0 Å². The first-order chi connectivity index (χ1) is 7.18. The van der Waals surface area contributed by atoms with Crippen molar-refractivity contribution < 1.29 is 8.78 Å². The maximum atomic E-state index is 13.5. The SMILES string of the molecule is CC1CC(c2c(F)cccc2F)CCN1. The smallest absolute Gasteiger partial charge is 0.129 e. The van der Waals surface area contributed by atoms with Crippen LogP contribution in [0.25, 0.3) is 0 Å². The molecule has 2 unspecified atom stereocenters. The van der Waals surface area contributed by atoms with Gasteiger partial charge < -0.3 is 5.32 Å². The van der Waals surface area contributed by atoms with Gasteiger partial charge in [-0.1, -0.05) is 6.07 Å². The summed E-state index contributed by atoms with van der Waals surface area (Å²) in [5.74, 6) is -0.800. The zero-order chi connectivity index (χ0) is 10.8. The van der Waals surface area contributed by atoms with Gasteiger partial charge in [0.25, 0.3) is 0 Å². The topological polar surface area (TPSA) is 12.0 Å². The molecular formula is C12H15F2N. The summed E-state index contributed by atoms with van der Waals surface area (Å²) in [6.07, 6.45) is 1.61. The molecule has 1 aromatic carbocycles. The Morgan fingerprint density at radius 2 is 1.93 bits per heavy atom. The first-order valence-corrected chi connectivity index (χ1v) is 5.35. The van der Waals surface area contributed by atoms with Gasteiger partial charge in [0.05, 0.1) is 0 Å². The van der Waals surface area contributed by atoms with Crippen molar-refractivity contribution in [2.75, 3.05) is 6.54 Å². The number of halogens is 2. The third-order valence-corrected chi connectivity index (χ3v) is 3.03. The van der Waals surface area contributed by atoms with Crippen molar-refractivity contribution in [2.45, 2.75) is 31.7 Å². The molecule has 0 amide bonds. The molecule has 1 aromatic rings. The van der Waals surface area contributed by atoms with Crippen molar-refractivity contribution in [1.29, 1.82) is 0 Å². The third-order valence-electron chi connectivity index (χ3n) is 3.03. The predicted molar refractivity (Wildman–Crippen MR) is 55.8 cm³/mol. The second-order valence-electron chi connectivity index (χ2n) is 4.21. The summed E-state index contributed by atoms with van der Waals surface area (Å²) in [5.41, 5.74) is 0.269. The summed E-state index contributed by atoms with van der Waals surface area (Å²) in [6, 6.07) is 4.43. The molecule has 0 saturated carbocycles. The monoisotopic (exact) mass is 211 g/mol. The number of nitrogens with one attached hydrogen (secondary N) is 1. The minimum Gasteiger partial charge on any atom is -0.314 e. The first-order valence-electron chi connectivity index (χ1n) is 5.35. The average molecular weight is 211 g/mol. The lowest BCUT2D eigenvalue weighted by atomic mass is 9.86. The molecule has 0 spiro atoms. The number of hydrogen-bond acceptors (Lipinski definition) is 1. The van der Waals surface area contributed by atoms with Crippen molar-refractivity contribution in [1.82, 2.24) is 5.32 Å². The maximum Gasteiger partial charge on any atom is 0.129 e. The number of rotatable bonds is 1. The molecule has 1 saturated heterocycles. The number of benzene rings is 1. The van der Waals surface area contributed by atoms with Crippen LogP contribution < -0.4 is 5.32 Å². The molecule has 3 heteroatoms. The Labute approximate surface area is 88.5 Å². The Morgan fingerprint density at radius 3 is 2.53 bits per heavy atom. The van der Waals surface area contributed by atoms with Crippen LogP contribution in [-0.4, -0.2) is 12.6 Å². The van der Waals surface area contributed by atoms with Crippen LogP contribution in [0.4, 0.5) is 8.78 Å². The highest BCUT2D eigenvalue weighted by atomic mass is 19.1. The van der Waals surface area contributed by atoms with E-state index in [0.717, 1.165) is 19.4 Å². The molecule has 1 nitrogen and oxygen atoms in total. The molecule has 15 heavy (non-hydrogen) atoms. The lowest BCUT2D eigenvalue weighted by Gasteiger charge is -2.28. The molecule has 1 fully saturated rings. The summed E-state index contributed by atoms with van der Waals surface area (Å²) < 4.78 is 27.0. The first kappa shape index (κ1) is 10.6. The van der Waals surface area contributed by atoms with Crippen LogP contribution in [0.5, 0.6) is 0 Å². The van der Waals surface area contributed by atoms with E-state index in [4.69, 9.17) is 0 Å². The van der Waals surface area contributed by atoms with Crippen molar-refractivity contribution in [3.05, 3.63) is 35.4 Å². The van der Waals surface area contributed by atoms with E-state index in [1.807, 2.05) is 6.92 Å². The highest BCUT2D eigenvalue weighted by Gasteiger charge is 2.24. The van der Waals surface area contributed by atoms with Crippen LogP contribution >= 0.6 is 0 Å². The van der Waals surface area contributed by atoms with Crippen molar-refractivity contribution in [3.63, 3.8) is 0 Å². The molecule has 1 aliphatic heterocycles. The van der Waals surface area contributed by atoms with Gasteiger partial charge in [0.15, 0.2) is 0 Å². The molecule has 0 bridgehead atoms. The zero-order valence-corrected chi connectivity index (χ0v) is 8.76. The molecule has 82 valence electrons. The molecule has 1 aliphatic rings. The molecule has 1 heterocycles. The van der Waals surface area contributed by atoms with E-state index in [0.29, 0.717) is 6.04 Å². The van der Waals surface area contributed by atoms with Gasteiger partial charge in [-0.3, -0.25) is 0 Å². The van der Waals surface area contributed by atoms with Crippen LogP contribution in [-0.2, 0) is 0 Å². The van der Waals surface area contributed by atoms with Gasteiger partial charge in [-0.25, -0.2) is 8.78 Å². The molecule has 0 radical (unpaired) electrons. The lowest BCUT2D eigenvalue weighted by Crippen LogP contribution is -2.35. The Hall–Kier alpha value is -0.960. The second-order valence-corrected chi connectivity index (χ2v) is 4.21. The summed E-state index contributed by atoms with van der Waals surface area (Å²) in [5, 5.41) is 3.28. The Bertz CT molecular complexity index is 331. The fraction of sp³-hybridized carbons (Fsp3) is 0.500. The van der Waals surface area contributed by atoms with E-state index in [1.165, 1.54) is 18.2 Å². The van der Waals surface area contributed by atoms with Gasteiger partial charge in [-0.05, 0) is 44.4 Å². The van der Waals surface area contributed by atoms with Gasteiger partial charge >= 0.3 is 0 Å². The van der Waals surface area contributed by atoms with Gasteiger partial charge in [-0.2, -0.15) is 0 Å². The molecule has 0 aromatic heterocycles. The van der Waals surface area contributed by atoms with Crippen LogP contribution in [0.15, 0.2) is 18.2 Å². The normalized spacial score (nSPS) is 26.6. The van der Waals surface area contributed by atoms with Crippen LogP contribution in [0.1, 0.15) is 31.2 Å². The largest absolute Gasteiger partial charge is 0.314 e. The summed E-state index contributed by atoms with van der Waals surface area (Å²) in [6.45, 7) is 2.88. The van der Waals surface area contributed by atoms with Crippen molar-refractivity contribution >= 4 is 0 Å². The van der Waals surface area contributed by atoms with Crippen LogP contribution in [0, 0.1) is 11.6 Å². The number of hydrogen-bond donors (Lipinski definition) is 1. The highest BCUT2D eigenvalue weighted by Crippen LogP contribution is 2.31. The Kier molecular flexibility index (Phi) is 3.00. The fourth-order valence-electron chi connectivity index (χ4n) is 2.29. The minimum atomic E-state index is -0.408. The average Bonchev–Trinajstić information content (AvgIpc) is 2.17. The van der Waals surface area contributed by atoms with Crippen molar-refractivity contribution in [2.24, 2.45) is 0 Å². The molecular weight excluding hydrogens is 196 g/mol. The number of piperidine rings is 1. The Balaban J connectivity index is 2.28. The standard InChI is InChI=1S/C12H15F2N/c1-8-7-9(5-6-15-8)12-10(13)3-2-4-11(12)14/h2-4,8-9,15H,5-7H2,1H3. The molecule has 0 aliphatic carbocycles. The second kappa shape index (κ2) is 4.27. The maximum absolute atomic E-state index is 13.5. The predicted octanol–water partition coefficient (Wildman–Crippen LogP) is 2.82. The van der Waals surface area contributed by atoms with Gasteiger partial charge in [0.1, 0.15) is 11.6 Å². The zero-order valence-electron chi connectivity index (χ0n) is 8.76. The van der Waals surface area contributed by atoms with E-state index in [1.54, 1.807) is 0 Å². The molecule has 2 atom stereocenters. The quantitative estimate of drug-likeness (QED) is 0.753. The van der Waals surface area contributed by atoms with Crippen molar-refractivity contribution in [3.8, 4) is 0 Å².